The molecular formula is C13H19NO5. The van der Waals surface area contributed by atoms with Crippen LogP contribution in [0, 0.1) is 5.92 Å². The Balaban J connectivity index is 2.16. The number of carbonyl (C=O) groups is 3. The van der Waals surface area contributed by atoms with Crippen LogP contribution in [0.25, 0.3) is 0 Å². The number of aliphatic carboxylic acids is 1. The van der Waals surface area contributed by atoms with Crippen molar-refractivity contribution in [3.63, 3.8) is 0 Å². The van der Waals surface area contributed by atoms with E-state index in [2.05, 4.69) is 0 Å². The number of hydrogen-bond acceptors (Lipinski definition) is 4. The van der Waals surface area contributed by atoms with Gasteiger partial charge in [0.25, 0.3) is 0 Å². The van der Waals surface area contributed by atoms with E-state index in [1.54, 1.807) is 20.8 Å². The van der Waals surface area contributed by atoms with Crippen molar-refractivity contribution < 1.29 is 24.2 Å². The average Bonchev–Trinajstić information content (AvgIpc) is 2.58. The molecule has 1 amide bonds. The molecule has 0 radical (unpaired) electrons. The van der Waals surface area contributed by atoms with Gasteiger partial charge in [0.05, 0.1) is 6.04 Å². The lowest BCUT2D eigenvalue weighted by Gasteiger charge is -2.37. The van der Waals surface area contributed by atoms with E-state index in [9.17, 15) is 14.4 Å². The van der Waals surface area contributed by atoms with Crippen molar-refractivity contribution in [1.29, 1.82) is 0 Å². The van der Waals surface area contributed by atoms with Gasteiger partial charge >= 0.3 is 12.1 Å². The first-order valence-electron chi connectivity index (χ1n) is 6.48. The van der Waals surface area contributed by atoms with Crippen LogP contribution in [0.4, 0.5) is 4.79 Å². The zero-order valence-corrected chi connectivity index (χ0v) is 11.4. The minimum absolute atomic E-state index is 0.196. The fourth-order valence-electron chi connectivity index (χ4n) is 2.83. The first kappa shape index (κ1) is 13.8. The summed E-state index contributed by atoms with van der Waals surface area (Å²) in [5, 5.41) is 9.03. The minimum atomic E-state index is -1.09. The van der Waals surface area contributed by atoms with Crippen molar-refractivity contribution >= 4 is 17.8 Å². The van der Waals surface area contributed by atoms with Gasteiger partial charge in [-0.1, -0.05) is 0 Å². The summed E-state index contributed by atoms with van der Waals surface area (Å²) in [7, 11) is 0. The number of amides is 1. The van der Waals surface area contributed by atoms with E-state index in [4.69, 9.17) is 9.84 Å². The molecule has 2 aliphatic heterocycles. The summed E-state index contributed by atoms with van der Waals surface area (Å²) in [6, 6.07) is -0.826. The molecular weight excluding hydrogens is 250 g/mol. The number of carboxylic acid groups (broad SMARTS) is 1. The van der Waals surface area contributed by atoms with Gasteiger partial charge in [-0.3, -0.25) is 14.5 Å². The number of nitrogens with zero attached hydrogens (tertiary/aromatic N) is 1. The van der Waals surface area contributed by atoms with Gasteiger partial charge in [0.2, 0.25) is 0 Å². The van der Waals surface area contributed by atoms with Gasteiger partial charge in [0.1, 0.15) is 11.5 Å². The topological polar surface area (TPSA) is 83.9 Å². The van der Waals surface area contributed by atoms with Gasteiger partial charge in [0, 0.05) is 6.04 Å². The second-order valence-electron chi connectivity index (χ2n) is 6.16. The number of piperidine rings is 1. The first-order valence-corrected chi connectivity index (χ1v) is 6.48. The van der Waals surface area contributed by atoms with E-state index < -0.39 is 29.6 Å². The highest BCUT2D eigenvalue weighted by Gasteiger charge is 2.51. The van der Waals surface area contributed by atoms with Crippen molar-refractivity contribution in [2.45, 2.75) is 57.7 Å². The maximum Gasteiger partial charge on any atom is 0.411 e. The summed E-state index contributed by atoms with van der Waals surface area (Å²) in [4.78, 5) is 36.6. The van der Waals surface area contributed by atoms with E-state index in [0.717, 1.165) is 0 Å². The molecule has 19 heavy (non-hydrogen) atoms. The highest BCUT2D eigenvalue weighted by molar-refractivity contribution is 6.03. The molecule has 3 unspecified atom stereocenters. The summed E-state index contributed by atoms with van der Waals surface area (Å²) < 4.78 is 5.29. The van der Waals surface area contributed by atoms with E-state index in [0.29, 0.717) is 12.8 Å². The van der Waals surface area contributed by atoms with Crippen molar-refractivity contribution in [3.05, 3.63) is 0 Å². The lowest BCUT2D eigenvalue weighted by atomic mass is 9.90. The third kappa shape index (κ3) is 2.57. The Labute approximate surface area is 111 Å². The molecule has 2 heterocycles. The first-order chi connectivity index (χ1) is 8.70. The lowest BCUT2D eigenvalue weighted by molar-refractivity contribution is -0.150. The Morgan fingerprint density at radius 3 is 2.47 bits per heavy atom. The van der Waals surface area contributed by atoms with Crippen molar-refractivity contribution in [3.8, 4) is 0 Å². The number of Topliss-reactive ketones (excluding diaryl/α,β-unsaturated/α-hetero) is 1. The molecule has 0 aromatic rings. The maximum atomic E-state index is 12.1. The van der Waals surface area contributed by atoms with Gasteiger partial charge in [-0.15, -0.1) is 0 Å². The van der Waals surface area contributed by atoms with Crippen molar-refractivity contribution in [2.24, 2.45) is 5.92 Å². The molecule has 1 N–H and O–H groups in total. The SMILES string of the molecule is CC(C)(C)OC(=O)N1C2CCC1C(=O)C(C(=O)O)C2. The molecule has 0 aliphatic carbocycles. The fourth-order valence-corrected chi connectivity index (χ4v) is 2.83. The zero-order chi connectivity index (χ0) is 14.4. The Morgan fingerprint density at radius 1 is 1.32 bits per heavy atom. The number of hydrogen-bond donors (Lipinski definition) is 1. The normalized spacial score (nSPS) is 30.4. The summed E-state index contributed by atoms with van der Waals surface area (Å²) >= 11 is 0. The number of fused-ring (bicyclic) bond motifs is 2. The minimum Gasteiger partial charge on any atom is -0.481 e. The number of rotatable bonds is 1. The molecule has 3 atom stereocenters. The Morgan fingerprint density at radius 2 is 1.95 bits per heavy atom. The second-order valence-corrected chi connectivity index (χ2v) is 6.16. The van der Waals surface area contributed by atoms with Gasteiger partial charge in [-0.25, -0.2) is 4.79 Å². The number of carboxylic acids is 1. The lowest BCUT2D eigenvalue weighted by Crippen LogP contribution is -2.54. The smallest absolute Gasteiger partial charge is 0.411 e. The predicted molar refractivity (Wildman–Crippen MR) is 65.6 cm³/mol. The van der Waals surface area contributed by atoms with E-state index >= 15 is 0 Å². The molecule has 0 aromatic heterocycles. The Bertz CT molecular complexity index is 425. The van der Waals surface area contributed by atoms with Crippen molar-refractivity contribution in [2.75, 3.05) is 0 Å². The summed E-state index contributed by atoms with van der Waals surface area (Å²) in [6.45, 7) is 5.29. The van der Waals surface area contributed by atoms with Crippen LogP contribution >= 0.6 is 0 Å². The molecule has 0 spiro atoms. The monoisotopic (exact) mass is 269 g/mol. The molecule has 0 aromatic carbocycles. The van der Waals surface area contributed by atoms with Crippen LogP contribution < -0.4 is 0 Å². The predicted octanol–water partition coefficient (Wildman–Crippen LogP) is 1.43. The molecule has 2 bridgehead atoms. The molecule has 2 saturated heterocycles. The van der Waals surface area contributed by atoms with Crippen molar-refractivity contribution in [1.82, 2.24) is 4.90 Å². The van der Waals surface area contributed by atoms with Crippen LogP contribution in [0.3, 0.4) is 0 Å². The largest absolute Gasteiger partial charge is 0.481 e. The molecule has 106 valence electrons. The third-order valence-electron chi connectivity index (χ3n) is 3.58. The number of carbonyl (C=O) groups excluding carboxylic acids is 2. The van der Waals surface area contributed by atoms with Crippen LogP contribution in [0.2, 0.25) is 0 Å². The Hall–Kier alpha value is -1.59. The molecule has 2 rings (SSSR count). The molecule has 2 aliphatic rings. The van der Waals surface area contributed by atoms with Crippen LogP contribution in [0.15, 0.2) is 0 Å². The summed E-state index contributed by atoms with van der Waals surface area (Å²) in [5.41, 5.74) is -0.622. The highest BCUT2D eigenvalue weighted by atomic mass is 16.6. The average molecular weight is 269 g/mol. The standard InChI is InChI=1S/C13H19NO5/c1-13(2,3)19-12(18)14-7-4-5-9(14)10(15)8(6-7)11(16)17/h7-9H,4-6H2,1-3H3,(H,16,17). The van der Waals surface area contributed by atoms with E-state index in [-0.39, 0.29) is 18.2 Å². The third-order valence-corrected chi connectivity index (χ3v) is 3.58. The van der Waals surface area contributed by atoms with Gasteiger partial charge < -0.3 is 9.84 Å². The molecule has 6 heteroatoms. The Kier molecular flexibility index (Phi) is 3.28. The van der Waals surface area contributed by atoms with Crippen LogP contribution in [0.1, 0.15) is 40.0 Å². The van der Waals surface area contributed by atoms with E-state index in [1.807, 2.05) is 0 Å². The van der Waals surface area contributed by atoms with Gasteiger partial charge in [0.15, 0.2) is 5.78 Å². The molecule has 0 saturated carbocycles. The quantitative estimate of drug-likeness (QED) is 0.728. The number of ether oxygens (including phenoxy) is 1. The number of ketones is 1. The fraction of sp³-hybridized carbons (Fsp3) is 0.769. The van der Waals surface area contributed by atoms with Gasteiger partial charge in [-0.05, 0) is 40.0 Å². The van der Waals surface area contributed by atoms with Crippen LogP contribution in [0.5, 0.6) is 0 Å². The highest BCUT2D eigenvalue weighted by Crippen LogP contribution is 2.37. The van der Waals surface area contributed by atoms with Crippen LogP contribution in [-0.2, 0) is 14.3 Å². The van der Waals surface area contributed by atoms with Crippen LogP contribution in [-0.4, -0.2) is 45.5 Å². The second kappa shape index (κ2) is 4.51. The summed E-state index contributed by atoms with van der Waals surface area (Å²) in [6.07, 6.45) is 0.882. The van der Waals surface area contributed by atoms with E-state index in [1.165, 1.54) is 4.90 Å². The maximum absolute atomic E-state index is 12.1. The van der Waals surface area contributed by atoms with Gasteiger partial charge in [-0.2, -0.15) is 0 Å². The molecule has 6 nitrogen and oxygen atoms in total. The zero-order valence-electron chi connectivity index (χ0n) is 11.4. The summed E-state index contributed by atoms with van der Waals surface area (Å²) in [5.74, 6) is -2.44. The molecule has 2 fully saturated rings.